The average Bonchev–Trinajstić information content (AvgIpc) is 2.96. The molecule has 0 radical (unpaired) electrons. The number of fused-ring (bicyclic) bond motifs is 1. The molecule has 1 aliphatic rings. The van der Waals surface area contributed by atoms with E-state index in [4.69, 9.17) is 4.65 Å². The lowest BCUT2D eigenvalue weighted by atomic mass is 9.78. The number of aryl methyl sites for hydroxylation is 1. The number of nitrogens with zero attached hydrogens (tertiary/aromatic N) is 2. The molecule has 0 aliphatic carbocycles. The summed E-state index contributed by atoms with van der Waals surface area (Å²) < 4.78 is 20.8. The summed E-state index contributed by atoms with van der Waals surface area (Å²) >= 11 is 0. The lowest BCUT2D eigenvalue weighted by Gasteiger charge is -2.04. The van der Waals surface area contributed by atoms with Crippen LogP contribution in [0.4, 0.5) is 4.39 Å². The molecule has 0 amide bonds. The highest BCUT2D eigenvalue weighted by atomic mass is 19.1. The van der Waals surface area contributed by atoms with Gasteiger partial charge in [-0.05, 0) is 24.0 Å². The Morgan fingerprint density at radius 2 is 2.39 bits per heavy atom. The Morgan fingerprint density at radius 1 is 1.56 bits per heavy atom. The second-order valence-electron chi connectivity index (χ2n) is 4.28. The molecule has 92 valence electrons. The molecule has 1 aliphatic heterocycles. The molecule has 1 aromatic heterocycles. The van der Waals surface area contributed by atoms with Gasteiger partial charge in [-0.2, -0.15) is 5.10 Å². The predicted molar refractivity (Wildman–Crippen MR) is 65.7 cm³/mol. The number of rotatable bonds is 2. The molecule has 0 spiro atoms. The molecule has 4 nitrogen and oxygen atoms in total. The lowest BCUT2D eigenvalue weighted by Crippen LogP contribution is -2.28. The molecule has 0 atom stereocenters. The summed E-state index contributed by atoms with van der Waals surface area (Å²) in [5.74, 6) is -0.317. The molecular formula is C12H12BFN2O2. The Bertz CT molecular complexity index is 600. The molecule has 2 heterocycles. The number of hydrogen-bond donors (Lipinski definition) is 1. The van der Waals surface area contributed by atoms with E-state index in [1.807, 2.05) is 6.92 Å². The van der Waals surface area contributed by atoms with Crippen LogP contribution in [0, 0.1) is 5.82 Å². The molecule has 1 N–H and O–H groups in total. The number of halogens is 1. The standard InChI is InChI=1S/C12H12BFN2O2/c1-2-16-6-9(5-15-16)10-4-11-8(3-12(10)14)7-18-13(11)17/h3-6,17H,2,7H2,1H3. The molecule has 0 saturated heterocycles. The van der Waals surface area contributed by atoms with E-state index in [9.17, 15) is 9.41 Å². The fourth-order valence-electron chi connectivity index (χ4n) is 2.14. The zero-order chi connectivity index (χ0) is 12.7. The van der Waals surface area contributed by atoms with Crippen LogP contribution in [-0.4, -0.2) is 21.9 Å². The Hall–Kier alpha value is -1.66. The molecule has 6 heteroatoms. The van der Waals surface area contributed by atoms with Crippen molar-refractivity contribution in [1.29, 1.82) is 0 Å². The summed E-state index contributed by atoms with van der Waals surface area (Å²) in [6.45, 7) is 2.95. The topological polar surface area (TPSA) is 47.3 Å². The number of aromatic nitrogens is 2. The normalized spacial score (nSPS) is 14.1. The summed E-state index contributed by atoms with van der Waals surface area (Å²) in [4.78, 5) is 0. The average molecular weight is 246 g/mol. The minimum atomic E-state index is -0.958. The van der Waals surface area contributed by atoms with Crippen molar-refractivity contribution in [3.63, 3.8) is 0 Å². The minimum absolute atomic E-state index is 0.252. The molecule has 0 unspecified atom stereocenters. The van der Waals surface area contributed by atoms with E-state index in [1.165, 1.54) is 6.07 Å². The van der Waals surface area contributed by atoms with Crippen LogP contribution >= 0.6 is 0 Å². The molecule has 2 aromatic rings. The minimum Gasteiger partial charge on any atom is -0.423 e. The SMILES string of the molecule is CCn1cc(-c2cc3c(cc2F)COB3O)cn1. The van der Waals surface area contributed by atoms with E-state index in [2.05, 4.69) is 5.10 Å². The first-order valence-electron chi connectivity index (χ1n) is 5.84. The fraction of sp³-hybridized carbons (Fsp3) is 0.250. The molecule has 1 aromatic carbocycles. The molecule has 3 rings (SSSR count). The van der Waals surface area contributed by atoms with Gasteiger partial charge in [0.25, 0.3) is 0 Å². The molecule has 18 heavy (non-hydrogen) atoms. The van der Waals surface area contributed by atoms with Gasteiger partial charge in [0.05, 0.1) is 12.8 Å². The summed E-state index contributed by atoms with van der Waals surface area (Å²) in [5, 5.41) is 13.8. The third-order valence-corrected chi connectivity index (χ3v) is 3.16. The maximum Gasteiger partial charge on any atom is 0.491 e. The Labute approximate surface area is 104 Å². The summed E-state index contributed by atoms with van der Waals surface area (Å²) in [6, 6.07) is 3.06. The van der Waals surface area contributed by atoms with Crippen LogP contribution in [0.5, 0.6) is 0 Å². The van der Waals surface area contributed by atoms with Crippen molar-refractivity contribution < 1.29 is 14.1 Å². The van der Waals surface area contributed by atoms with E-state index < -0.39 is 7.12 Å². The van der Waals surface area contributed by atoms with Gasteiger partial charge in [0, 0.05) is 23.9 Å². The first-order chi connectivity index (χ1) is 8.69. The second kappa shape index (κ2) is 4.22. The van der Waals surface area contributed by atoms with Gasteiger partial charge in [0.2, 0.25) is 0 Å². The van der Waals surface area contributed by atoms with E-state index in [1.54, 1.807) is 23.1 Å². The highest BCUT2D eigenvalue weighted by Gasteiger charge is 2.29. The van der Waals surface area contributed by atoms with Gasteiger partial charge in [0.1, 0.15) is 5.82 Å². The highest BCUT2D eigenvalue weighted by molar-refractivity contribution is 6.61. The first-order valence-corrected chi connectivity index (χ1v) is 5.84. The van der Waals surface area contributed by atoms with Gasteiger partial charge in [-0.15, -0.1) is 0 Å². The first kappa shape index (κ1) is 11.4. The van der Waals surface area contributed by atoms with E-state index in [-0.39, 0.29) is 12.4 Å². The third kappa shape index (κ3) is 1.74. The van der Waals surface area contributed by atoms with Crippen LogP contribution in [-0.2, 0) is 17.8 Å². The zero-order valence-electron chi connectivity index (χ0n) is 9.93. The van der Waals surface area contributed by atoms with Gasteiger partial charge >= 0.3 is 7.12 Å². The van der Waals surface area contributed by atoms with Crippen molar-refractivity contribution >= 4 is 12.6 Å². The monoisotopic (exact) mass is 246 g/mol. The van der Waals surface area contributed by atoms with Crippen LogP contribution in [0.3, 0.4) is 0 Å². The van der Waals surface area contributed by atoms with Crippen molar-refractivity contribution in [3.05, 3.63) is 35.9 Å². The van der Waals surface area contributed by atoms with Crippen LogP contribution in [0.1, 0.15) is 12.5 Å². The lowest BCUT2D eigenvalue weighted by molar-refractivity contribution is 0.275. The highest BCUT2D eigenvalue weighted by Crippen LogP contribution is 2.24. The van der Waals surface area contributed by atoms with Crippen molar-refractivity contribution in [2.45, 2.75) is 20.1 Å². The van der Waals surface area contributed by atoms with Crippen molar-refractivity contribution in [2.24, 2.45) is 0 Å². The molecular weight excluding hydrogens is 234 g/mol. The molecule has 0 saturated carbocycles. The van der Waals surface area contributed by atoms with Crippen LogP contribution in [0.2, 0.25) is 0 Å². The van der Waals surface area contributed by atoms with Gasteiger partial charge in [-0.1, -0.05) is 6.07 Å². The van der Waals surface area contributed by atoms with Crippen molar-refractivity contribution in [3.8, 4) is 11.1 Å². The number of benzene rings is 1. The van der Waals surface area contributed by atoms with Crippen LogP contribution in [0.15, 0.2) is 24.5 Å². The van der Waals surface area contributed by atoms with E-state index in [0.29, 0.717) is 22.2 Å². The van der Waals surface area contributed by atoms with Crippen molar-refractivity contribution in [2.75, 3.05) is 0 Å². The maximum atomic E-state index is 14.0. The quantitative estimate of drug-likeness (QED) is 0.801. The van der Waals surface area contributed by atoms with Crippen LogP contribution < -0.4 is 5.46 Å². The van der Waals surface area contributed by atoms with Gasteiger partial charge in [-0.3, -0.25) is 4.68 Å². The maximum absolute atomic E-state index is 14.0. The Morgan fingerprint density at radius 3 is 3.11 bits per heavy atom. The van der Waals surface area contributed by atoms with Crippen LogP contribution in [0.25, 0.3) is 11.1 Å². The predicted octanol–water partition coefficient (Wildman–Crippen LogP) is 0.927. The van der Waals surface area contributed by atoms with E-state index >= 15 is 0 Å². The largest absolute Gasteiger partial charge is 0.491 e. The summed E-state index contributed by atoms with van der Waals surface area (Å²) in [6.07, 6.45) is 3.41. The Balaban J connectivity index is 2.09. The fourth-order valence-corrected chi connectivity index (χ4v) is 2.14. The van der Waals surface area contributed by atoms with Gasteiger partial charge in [-0.25, -0.2) is 4.39 Å². The zero-order valence-corrected chi connectivity index (χ0v) is 9.93. The van der Waals surface area contributed by atoms with Crippen molar-refractivity contribution in [1.82, 2.24) is 9.78 Å². The summed E-state index contributed by atoms with van der Waals surface area (Å²) in [5.41, 5.74) is 2.48. The van der Waals surface area contributed by atoms with E-state index in [0.717, 1.165) is 6.54 Å². The summed E-state index contributed by atoms with van der Waals surface area (Å²) in [7, 11) is -0.958. The van der Waals surface area contributed by atoms with Gasteiger partial charge in [0.15, 0.2) is 0 Å². The third-order valence-electron chi connectivity index (χ3n) is 3.16. The molecule has 0 bridgehead atoms. The Kier molecular flexibility index (Phi) is 2.68. The smallest absolute Gasteiger partial charge is 0.423 e. The second-order valence-corrected chi connectivity index (χ2v) is 4.28. The number of hydrogen-bond acceptors (Lipinski definition) is 3. The molecule has 0 fully saturated rings. The van der Waals surface area contributed by atoms with Gasteiger partial charge < -0.3 is 9.68 Å².